The Hall–Kier alpha value is -2.56. The van der Waals surface area contributed by atoms with Crippen LogP contribution < -0.4 is 14.8 Å². The summed E-state index contributed by atoms with van der Waals surface area (Å²) < 4.78 is 23.5. The highest BCUT2D eigenvalue weighted by Gasteiger charge is 2.07. The molecule has 0 atom stereocenters. The number of benzene rings is 2. The summed E-state index contributed by atoms with van der Waals surface area (Å²) in [6.45, 7) is 0.405. The van der Waals surface area contributed by atoms with E-state index >= 15 is 0 Å². The number of aryl methyl sites for hydroxylation is 1. The number of methoxy groups -OCH3 is 2. The van der Waals surface area contributed by atoms with Crippen LogP contribution in [0.15, 0.2) is 42.5 Å². The van der Waals surface area contributed by atoms with Gasteiger partial charge in [-0.25, -0.2) is 4.39 Å². The Morgan fingerprint density at radius 1 is 1.04 bits per heavy atom. The highest BCUT2D eigenvalue weighted by Crippen LogP contribution is 2.27. The lowest BCUT2D eigenvalue weighted by molar-refractivity contribution is -0.121. The van der Waals surface area contributed by atoms with Crippen LogP contribution in [0.2, 0.25) is 0 Å². The normalized spacial score (nSPS) is 10.2. The van der Waals surface area contributed by atoms with Crippen molar-refractivity contribution >= 4 is 5.91 Å². The number of hydrogen-bond donors (Lipinski definition) is 1. The minimum Gasteiger partial charge on any atom is -0.493 e. The molecule has 1 amide bonds. The van der Waals surface area contributed by atoms with Crippen LogP contribution in [0, 0.1) is 5.82 Å². The number of nitrogens with one attached hydrogen (secondary N) is 1. The van der Waals surface area contributed by atoms with Crippen LogP contribution in [0.3, 0.4) is 0 Å². The van der Waals surface area contributed by atoms with Crippen LogP contribution in [0.25, 0.3) is 0 Å². The molecule has 0 saturated heterocycles. The Bertz CT molecular complexity index is 673. The van der Waals surface area contributed by atoms with Gasteiger partial charge in [0.05, 0.1) is 14.2 Å². The number of amides is 1. The summed E-state index contributed by atoms with van der Waals surface area (Å²) in [6, 6.07) is 11.8. The van der Waals surface area contributed by atoms with E-state index in [0.717, 1.165) is 11.1 Å². The molecule has 0 unspecified atom stereocenters. The Balaban J connectivity index is 1.84. The fraction of sp³-hybridized carbons (Fsp3) is 0.278. The number of rotatable bonds is 7. The van der Waals surface area contributed by atoms with Gasteiger partial charge in [0, 0.05) is 13.0 Å². The average Bonchev–Trinajstić information content (AvgIpc) is 2.57. The number of ether oxygens (including phenoxy) is 2. The van der Waals surface area contributed by atoms with Crippen LogP contribution in [0.5, 0.6) is 11.5 Å². The van der Waals surface area contributed by atoms with Gasteiger partial charge in [-0.3, -0.25) is 4.79 Å². The number of carbonyl (C=O) groups is 1. The smallest absolute Gasteiger partial charge is 0.220 e. The summed E-state index contributed by atoms with van der Waals surface area (Å²) >= 11 is 0. The molecule has 1 N–H and O–H groups in total. The van der Waals surface area contributed by atoms with Crippen molar-refractivity contribution in [3.05, 3.63) is 59.4 Å². The Labute approximate surface area is 135 Å². The van der Waals surface area contributed by atoms with Crippen LogP contribution in [-0.4, -0.2) is 20.1 Å². The molecule has 0 aliphatic heterocycles. The Kier molecular flexibility index (Phi) is 5.97. The number of halogens is 1. The summed E-state index contributed by atoms with van der Waals surface area (Å²) in [7, 11) is 3.14. The van der Waals surface area contributed by atoms with Crippen molar-refractivity contribution in [3.63, 3.8) is 0 Å². The second kappa shape index (κ2) is 8.17. The third kappa shape index (κ3) is 4.98. The van der Waals surface area contributed by atoms with Gasteiger partial charge in [-0.1, -0.05) is 18.2 Å². The van der Waals surface area contributed by atoms with E-state index in [4.69, 9.17) is 9.47 Å². The van der Waals surface area contributed by atoms with Gasteiger partial charge in [0.1, 0.15) is 5.82 Å². The summed E-state index contributed by atoms with van der Waals surface area (Å²) in [5.41, 5.74) is 1.73. The van der Waals surface area contributed by atoms with Crippen molar-refractivity contribution in [3.8, 4) is 11.5 Å². The largest absolute Gasteiger partial charge is 0.493 e. The molecule has 0 spiro atoms. The topological polar surface area (TPSA) is 47.6 Å². The second-order valence-electron chi connectivity index (χ2n) is 5.10. The lowest BCUT2D eigenvalue weighted by Gasteiger charge is -2.10. The first-order chi connectivity index (χ1) is 11.1. The SMILES string of the molecule is COc1ccc(CNC(=O)CCc2cccc(F)c2)cc1OC. The van der Waals surface area contributed by atoms with E-state index in [1.807, 2.05) is 18.2 Å². The van der Waals surface area contributed by atoms with Crippen LogP contribution in [-0.2, 0) is 17.8 Å². The molecule has 0 fully saturated rings. The molecule has 0 aliphatic rings. The molecule has 122 valence electrons. The van der Waals surface area contributed by atoms with Crippen molar-refractivity contribution in [2.75, 3.05) is 14.2 Å². The summed E-state index contributed by atoms with van der Waals surface area (Å²) in [5.74, 6) is 0.907. The number of hydrogen-bond acceptors (Lipinski definition) is 3. The van der Waals surface area contributed by atoms with Gasteiger partial charge in [0.2, 0.25) is 5.91 Å². The van der Waals surface area contributed by atoms with E-state index in [1.165, 1.54) is 12.1 Å². The summed E-state index contributed by atoms with van der Waals surface area (Å²) in [4.78, 5) is 11.9. The number of carbonyl (C=O) groups excluding carboxylic acids is 1. The molecule has 0 saturated carbocycles. The summed E-state index contributed by atoms with van der Waals surface area (Å²) in [6.07, 6.45) is 0.826. The predicted octanol–water partition coefficient (Wildman–Crippen LogP) is 3.09. The zero-order valence-corrected chi connectivity index (χ0v) is 13.3. The molecule has 0 radical (unpaired) electrons. The summed E-state index contributed by atoms with van der Waals surface area (Å²) in [5, 5.41) is 2.84. The maximum atomic E-state index is 13.1. The maximum Gasteiger partial charge on any atom is 0.220 e. The third-order valence-corrected chi connectivity index (χ3v) is 3.47. The molecule has 2 rings (SSSR count). The van der Waals surface area contributed by atoms with E-state index in [-0.39, 0.29) is 11.7 Å². The first kappa shape index (κ1) is 16.8. The molecule has 23 heavy (non-hydrogen) atoms. The molecule has 0 aliphatic carbocycles. The fourth-order valence-electron chi connectivity index (χ4n) is 2.23. The van der Waals surface area contributed by atoms with Gasteiger partial charge < -0.3 is 14.8 Å². The fourth-order valence-corrected chi connectivity index (χ4v) is 2.23. The molecule has 5 heteroatoms. The lowest BCUT2D eigenvalue weighted by Crippen LogP contribution is -2.23. The first-order valence-corrected chi connectivity index (χ1v) is 7.34. The standard InChI is InChI=1S/C18H20FNO3/c1-22-16-8-6-14(11-17(16)23-2)12-20-18(21)9-7-13-4-3-5-15(19)10-13/h3-6,8,10-11H,7,9,12H2,1-2H3,(H,20,21). The predicted molar refractivity (Wildman–Crippen MR) is 86.1 cm³/mol. The minimum absolute atomic E-state index is 0.0796. The Morgan fingerprint density at radius 2 is 1.83 bits per heavy atom. The Morgan fingerprint density at radius 3 is 2.52 bits per heavy atom. The van der Waals surface area contributed by atoms with Gasteiger partial charge in [0.15, 0.2) is 11.5 Å². The van der Waals surface area contributed by atoms with E-state index in [0.29, 0.717) is 30.9 Å². The third-order valence-electron chi connectivity index (χ3n) is 3.47. The van der Waals surface area contributed by atoms with Crippen molar-refractivity contribution in [2.24, 2.45) is 0 Å². The van der Waals surface area contributed by atoms with Crippen molar-refractivity contribution in [1.29, 1.82) is 0 Å². The van der Waals surface area contributed by atoms with Crippen molar-refractivity contribution in [2.45, 2.75) is 19.4 Å². The molecule has 2 aromatic carbocycles. The lowest BCUT2D eigenvalue weighted by atomic mass is 10.1. The van der Waals surface area contributed by atoms with Gasteiger partial charge in [0.25, 0.3) is 0 Å². The zero-order valence-electron chi connectivity index (χ0n) is 13.3. The van der Waals surface area contributed by atoms with E-state index < -0.39 is 0 Å². The molecule has 4 nitrogen and oxygen atoms in total. The van der Waals surface area contributed by atoms with Crippen LogP contribution >= 0.6 is 0 Å². The zero-order chi connectivity index (χ0) is 16.7. The van der Waals surface area contributed by atoms with E-state index in [1.54, 1.807) is 26.4 Å². The minimum atomic E-state index is -0.284. The molecule has 0 aromatic heterocycles. The van der Waals surface area contributed by atoms with Crippen molar-refractivity contribution in [1.82, 2.24) is 5.32 Å². The van der Waals surface area contributed by atoms with Gasteiger partial charge in [-0.15, -0.1) is 0 Å². The van der Waals surface area contributed by atoms with Gasteiger partial charge >= 0.3 is 0 Å². The molecule has 0 heterocycles. The average molecular weight is 317 g/mol. The van der Waals surface area contributed by atoms with Gasteiger partial charge in [-0.2, -0.15) is 0 Å². The molecular formula is C18H20FNO3. The molecule has 2 aromatic rings. The van der Waals surface area contributed by atoms with E-state index in [9.17, 15) is 9.18 Å². The van der Waals surface area contributed by atoms with Crippen LogP contribution in [0.1, 0.15) is 17.5 Å². The highest BCUT2D eigenvalue weighted by atomic mass is 19.1. The highest BCUT2D eigenvalue weighted by molar-refractivity contribution is 5.76. The first-order valence-electron chi connectivity index (χ1n) is 7.34. The van der Waals surface area contributed by atoms with E-state index in [2.05, 4.69) is 5.32 Å². The molecule has 0 bridgehead atoms. The molecular weight excluding hydrogens is 297 g/mol. The maximum absolute atomic E-state index is 13.1. The monoisotopic (exact) mass is 317 g/mol. The second-order valence-corrected chi connectivity index (χ2v) is 5.10. The van der Waals surface area contributed by atoms with Crippen LogP contribution in [0.4, 0.5) is 4.39 Å². The van der Waals surface area contributed by atoms with Gasteiger partial charge in [-0.05, 0) is 41.8 Å². The quantitative estimate of drug-likeness (QED) is 0.853. The van der Waals surface area contributed by atoms with Crippen molar-refractivity contribution < 1.29 is 18.7 Å².